The molecule has 6 heteroatoms. The minimum Gasteiger partial charge on any atom is -0.480 e. The number of carboxylic acids is 1. The normalized spacial score (nSPS) is 31.2. The fourth-order valence-electron chi connectivity index (χ4n) is 3.13. The molecule has 2 heterocycles. The van der Waals surface area contributed by atoms with Gasteiger partial charge in [-0.25, -0.2) is 9.59 Å². The summed E-state index contributed by atoms with van der Waals surface area (Å²) < 4.78 is 0. The Morgan fingerprint density at radius 3 is 2.70 bits per heavy atom. The van der Waals surface area contributed by atoms with Crippen molar-refractivity contribution in [3.8, 4) is 0 Å². The van der Waals surface area contributed by atoms with Gasteiger partial charge < -0.3 is 10.0 Å². The highest BCUT2D eigenvalue weighted by molar-refractivity contribution is 8.00. The van der Waals surface area contributed by atoms with Crippen LogP contribution in [0, 0.1) is 0 Å². The number of hydrogen-bond donors (Lipinski definition) is 1. The molecule has 2 amide bonds. The van der Waals surface area contributed by atoms with Gasteiger partial charge in [-0.3, -0.25) is 4.90 Å². The minimum atomic E-state index is -0.891. The number of hydrogen-bond acceptors (Lipinski definition) is 3. The third-order valence-corrected chi connectivity index (χ3v) is 5.54. The van der Waals surface area contributed by atoms with Crippen molar-refractivity contribution >= 4 is 23.8 Å². The molecule has 0 aliphatic carbocycles. The van der Waals surface area contributed by atoms with Gasteiger partial charge in [-0.1, -0.05) is 19.8 Å². The summed E-state index contributed by atoms with van der Waals surface area (Å²) in [7, 11) is 0. The number of likely N-dealkylation sites (tertiary alicyclic amines) is 1. The van der Waals surface area contributed by atoms with E-state index in [9.17, 15) is 14.7 Å². The van der Waals surface area contributed by atoms with Crippen molar-refractivity contribution in [3.05, 3.63) is 0 Å². The number of aliphatic carboxylic acids is 1. The summed E-state index contributed by atoms with van der Waals surface area (Å²) in [6.07, 6.45) is 5.32. The number of thioether (sulfide) groups is 1. The Morgan fingerprint density at radius 2 is 2.05 bits per heavy atom. The number of amides is 2. The van der Waals surface area contributed by atoms with E-state index in [0.29, 0.717) is 5.75 Å². The molecule has 2 fully saturated rings. The van der Waals surface area contributed by atoms with Gasteiger partial charge >= 0.3 is 12.0 Å². The third-order valence-electron chi connectivity index (χ3n) is 4.32. The first-order valence-corrected chi connectivity index (χ1v) is 8.54. The molecule has 3 unspecified atom stereocenters. The molecule has 0 radical (unpaired) electrons. The smallest absolute Gasteiger partial charge is 0.327 e. The highest BCUT2D eigenvalue weighted by Crippen LogP contribution is 2.31. The molecule has 0 aromatic carbocycles. The topological polar surface area (TPSA) is 60.9 Å². The average molecular weight is 300 g/mol. The Labute approximate surface area is 124 Å². The van der Waals surface area contributed by atoms with Gasteiger partial charge in [0.1, 0.15) is 6.04 Å². The summed E-state index contributed by atoms with van der Waals surface area (Å²) in [5, 5.41) is 9.25. The van der Waals surface area contributed by atoms with Gasteiger partial charge in [0.15, 0.2) is 0 Å². The zero-order chi connectivity index (χ0) is 14.7. The van der Waals surface area contributed by atoms with E-state index in [4.69, 9.17) is 0 Å². The largest absolute Gasteiger partial charge is 0.480 e. The van der Waals surface area contributed by atoms with Crippen LogP contribution in [0.5, 0.6) is 0 Å². The quantitative estimate of drug-likeness (QED) is 0.851. The van der Waals surface area contributed by atoms with E-state index in [1.165, 1.54) is 0 Å². The zero-order valence-electron chi connectivity index (χ0n) is 12.2. The summed E-state index contributed by atoms with van der Waals surface area (Å²) >= 11 is 1.55. The van der Waals surface area contributed by atoms with Crippen molar-refractivity contribution in [2.45, 2.75) is 63.4 Å². The number of nitrogens with zero attached hydrogens (tertiary/aromatic N) is 2. The van der Waals surface area contributed by atoms with Crippen molar-refractivity contribution < 1.29 is 14.7 Å². The van der Waals surface area contributed by atoms with Crippen LogP contribution in [0.3, 0.4) is 0 Å². The summed E-state index contributed by atoms with van der Waals surface area (Å²) in [4.78, 5) is 27.7. The summed E-state index contributed by atoms with van der Waals surface area (Å²) in [6.45, 7) is 4.79. The lowest BCUT2D eigenvalue weighted by molar-refractivity contribution is -0.141. The molecule has 2 saturated heterocycles. The van der Waals surface area contributed by atoms with Crippen molar-refractivity contribution in [1.82, 2.24) is 9.80 Å². The van der Waals surface area contributed by atoms with E-state index >= 15 is 0 Å². The van der Waals surface area contributed by atoms with Crippen LogP contribution >= 0.6 is 11.8 Å². The van der Waals surface area contributed by atoms with E-state index in [1.54, 1.807) is 16.7 Å². The molecule has 1 N–H and O–H groups in total. The van der Waals surface area contributed by atoms with Crippen molar-refractivity contribution in [2.24, 2.45) is 0 Å². The molecule has 0 saturated carbocycles. The van der Waals surface area contributed by atoms with E-state index in [-0.39, 0.29) is 17.4 Å². The van der Waals surface area contributed by atoms with Crippen LogP contribution in [-0.4, -0.2) is 56.7 Å². The Hall–Kier alpha value is -0.910. The molecule has 0 aromatic heterocycles. The van der Waals surface area contributed by atoms with E-state index < -0.39 is 12.0 Å². The van der Waals surface area contributed by atoms with Crippen LogP contribution in [0.4, 0.5) is 4.79 Å². The Bertz CT molecular complexity index is 377. The maximum absolute atomic E-state index is 12.8. The molecule has 2 rings (SSSR count). The Balaban J connectivity index is 2.16. The van der Waals surface area contributed by atoms with Crippen molar-refractivity contribution in [2.75, 3.05) is 12.3 Å². The van der Waals surface area contributed by atoms with Gasteiger partial charge in [-0.2, -0.15) is 0 Å². The van der Waals surface area contributed by atoms with E-state index in [1.807, 2.05) is 11.8 Å². The first-order chi connectivity index (χ1) is 9.56. The predicted molar refractivity (Wildman–Crippen MR) is 79.8 cm³/mol. The molecule has 0 bridgehead atoms. The number of carbonyl (C=O) groups excluding carboxylic acids is 1. The van der Waals surface area contributed by atoms with Gasteiger partial charge in [0.25, 0.3) is 0 Å². The number of carbonyl (C=O) groups is 2. The average Bonchev–Trinajstić information content (AvgIpc) is 2.67. The second-order valence-electron chi connectivity index (χ2n) is 5.58. The van der Waals surface area contributed by atoms with Crippen LogP contribution in [0.15, 0.2) is 0 Å². The predicted octanol–water partition coefficient (Wildman–Crippen LogP) is 2.61. The van der Waals surface area contributed by atoms with Crippen LogP contribution in [-0.2, 0) is 4.79 Å². The van der Waals surface area contributed by atoms with Gasteiger partial charge in [0.05, 0.1) is 5.37 Å². The van der Waals surface area contributed by atoms with Gasteiger partial charge in [0.2, 0.25) is 0 Å². The highest BCUT2D eigenvalue weighted by Gasteiger charge is 2.42. The molecular weight excluding hydrogens is 276 g/mol. The summed E-state index contributed by atoms with van der Waals surface area (Å²) in [5.74, 6) is -0.398. The molecule has 3 atom stereocenters. The van der Waals surface area contributed by atoms with Crippen LogP contribution in [0.1, 0.15) is 46.0 Å². The highest BCUT2D eigenvalue weighted by atomic mass is 32.2. The second-order valence-corrected chi connectivity index (χ2v) is 6.93. The molecule has 114 valence electrons. The lowest BCUT2D eigenvalue weighted by atomic mass is 10.1. The molecule has 0 aromatic rings. The number of urea groups is 1. The standard InChI is InChI=1S/C14H24N2O3S/c1-3-11-7-5-4-6-8-15(11)14(19)16-10(2)20-9-12(16)13(17)18/h10-12H,3-9H2,1-2H3,(H,17,18). The molecule has 0 spiro atoms. The summed E-state index contributed by atoms with van der Waals surface area (Å²) in [5.41, 5.74) is 0. The Kier molecular flexibility index (Phi) is 5.18. The summed E-state index contributed by atoms with van der Waals surface area (Å²) in [6, 6.07) is -0.496. The van der Waals surface area contributed by atoms with Gasteiger partial charge in [-0.05, 0) is 26.2 Å². The monoisotopic (exact) mass is 300 g/mol. The van der Waals surface area contributed by atoms with E-state index in [2.05, 4.69) is 6.92 Å². The zero-order valence-corrected chi connectivity index (χ0v) is 13.1. The molecule has 2 aliphatic rings. The SMILES string of the molecule is CCC1CCCCCN1C(=O)N1C(C)SCC1C(=O)O. The lowest BCUT2D eigenvalue weighted by Gasteiger charge is -2.36. The second kappa shape index (κ2) is 6.70. The molecule has 2 aliphatic heterocycles. The van der Waals surface area contributed by atoms with Crippen LogP contribution in [0.2, 0.25) is 0 Å². The van der Waals surface area contributed by atoms with Gasteiger partial charge in [-0.15, -0.1) is 11.8 Å². The molecule has 20 heavy (non-hydrogen) atoms. The Morgan fingerprint density at radius 1 is 1.30 bits per heavy atom. The minimum absolute atomic E-state index is 0.0515. The number of carboxylic acid groups (broad SMARTS) is 1. The van der Waals surface area contributed by atoms with Crippen LogP contribution < -0.4 is 0 Å². The third kappa shape index (κ3) is 3.05. The van der Waals surface area contributed by atoms with Crippen LogP contribution in [0.25, 0.3) is 0 Å². The fraction of sp³-hybridized carbons (Fsp3) is 0.857. The number of rotatable bonds is 2. The molecule has 5 nitrogen and oxygen atoms in total. The van der Waals surface area contributed by atoms with E-state index in [0.717, 1.165) is 38.6 Å². The maximum Gasteiger partial charge on any atom is 0.327 e. The first-order valence-electron chi connectivity index (χ1n) is 7.49. The van der Waals surface area contributed by atoms with Crippen molar-refractivity contribution in [3.63, 3.8) is 0 Å². The maximum atomic E-state index is 12.8. The van der Waals surface area contributed by atoms with Crippen molar-refractivity contribution in [1.29, 1.82) is 0 Å². The molecular formula is C14H24N2O3S. The van der Waals surface area contributed by atoms with Gasteiger partial charge in [0, 0.05) is 18.3 Å². The first kappa shape index (κ1) is 15.5. The fourth-order valence-corrected chi connectivity index (χ4v) is 4.29. The lowest BCUT2D eigenvalue weighted by Crippen LogP contribution is -2.53.